The molecule has 1 saturated carbocycles. The highest BCUT2D eigenvalue weighted by atomic mass is 35.5. The van der Waals surface area contributed by atoms with Crippen molar-refractivity contribution in [3.05, 3.63) is 101 Å². The molecule has 0 N–H and O–H groups in total. The largest absolute Gasteiger partial charge is 0.242 e. The average Bonchev–Trinajstić information content (AvgIpc) is 2.87. The van der Waals surface area contributed by atoms with E-state index >= 15 is 0 Å². The van der Waals surface area contributed by atoms with E-state index in [2.05, 4.69) is 36.4 Å². The lowest BCUT2D eigenvalue weighted by Crippen LogP contribution is -2.31. The van der Waals surface area contributed by atoms with Gasteiger partial charge in [0.15, 0.2) is 0 Å². The summed E-state index contributed by atoms with van der Waals surface area (Å²) in [5.41, 5.74) is 2.58. The molecule has 1 atom stereocenters. The van der Waals surface area contributed by atoms with Crippen LogP contribution in [0.3, 0.4) is 0 Å². The van der Waals surface area contributed by atoms with Crippen LogP contribution >= 0.6 is 11.6 Å². The lowest BCUT2D eigenvalue weighted by Gasteiger charge is -2.31. The molecule has 1 fully saturated rings. The number of halogens is 1. The molecule has 0 heterocycles. The molecular weight excluding hydrogens is 462 g/mol. The Morgan fingerprint density at radius 1 is 0.882 bits per heavy atom. The summed E-state index contributed by atoms with van der Waals surface area (Å²) in [5.74, 6) is 1.47. The summed E-state index contributed by atoms with van der Waals surface area (Å²) in [6, 6.07) is 27.4. The van der Waals surface area contributed by atoms with Crippen LogP contribution in [0.4, 0.5) is 0 Å². The molecule has 5 heteroatoms. The number of hydrogen-bond donors (Lipinski definition) is 0. The summed E-state index contributed by atoms with van der Waals surface area (Å²) in [6.07, 6.45) is 7.01. The first-order valence-electron chi connectivity index (χ1n) is 12.3. The molecule has 0 unspecified atom stereocenters. The van der Waals surface area contributed by atoms with Gasteiger partial charge in [-0.1, -0.05) is 72.3 Å². The van der Waals surface area contributed by atoms with E-state index in [1.165, 1.54) is 35.6 Å². The number of nitrogens with zero attached hydrogens (tertiary/aromatic N) is 1. The van der Waals surface area contributed by atoms with E-state index in [9.17, 15) is 8.42 Å². The third kappa shape index (κ3) is 6.29. The number of likely N-dealkylation sites (N-methyl/N-ethyl adjacent to an activating group) is 1. The molecule has 0 spiro atoms. The summed E-state index contributed by atoms with van der Waals surface area (Å²) >= 11 is 6.30. The van der Waals surface area contributed by atoms with E-state index in [1.54, 1.807) is 31.3 Å². The Morgan fingerprint density at radius 2 is 1.53 bits per heavy atom. The fraction of sp³-hybridized carbons (Fsp3) is 0.379. The second-order valence-corrected chi connectivity index (χ2v) is 12.0. The van der Waals surface area contributed by atoms with Crippen molar-refractivity contribution in [2.45, 2.75) is 55.3 Å². The van der Waals surface area contributed by atoms with Gasteiger partial charge in [-0.3, -0.25) is 0 Å². The standard InChI is InChI=1S/C29H34ClNO2S/c1-31(34(32,33)29-13-6-3-7-14-29)22-27(26-11-8-12-28(30)21-26)20-17-23-15-18-25(19-16-23)24-9-4-2-5-10-24/h2-14,21,23,25,27H,15-20,22H2,1H3/t23?,25?,27-/m1/s1. The van der Waals surface area contributed by atoms with Crippen molar-refractivity contribution in [1.82, 2.24) is 4.31 Å². The monoisotopic (exact) mass is 495 g/mol. The second-order valence-electron chi connectivity index (χ2n) is 9.56. The SMILES string of the molecule is CN(C[C@@H](CCC1CCC(c2ccccc2)CC1)c1cccc(Cl)c1)S(=O)(=O)c1ccccc1. The summed E-state index contributed by atoms with van der Waals surface area (Å²) < 4.78 is 27.8. The first-order chi connectivity index (χ1) is 16.4. The molecule has 3 aromatic carbocycles. The zero-order valence-electron chi connectivity index (χ0n) is 19.8. The maximum absolute atomic E-state index is 13.1. The van der Waals surface area contributed by atoms with Crippen LogP contribution in [0.2, 0.25) is 5.02 Å². The van der Waals surface area contributed by atoms with Crippen molar-refractivity contribution >= 4 is 21.6 Å². The highest BCUT2D eigenvalue weighted by Crippen LogP contribution is 2.39. The van der Waals surface area contributed by atoms with Gasteiger partial charge in [-0.05, 0) is 91.7 Å². The minimum atomic E-state index is -3.53. The molecule has 0 bridgehead atoms. The Hall–Kier alpha value is -2.14. The fourth-order valence-electron chi connectivity index (χ4n) is 5.25. The van der Waals surface area contributed by atoms with Gasteiger partial charge >= 0.3 is 0 Å². The Morgan fingerprint density at radius 3 is 2.18 bits per heavy atom. The van der Waals surface area contributed by atoms with E-state index in [4.69, 9.17) is 11.6 Å². The topological polar surface area (TPSA) is 37.4 Å². The number of sulfonamides is 1. The van der Waals surface area contributed by atoms with Crippen molar-refractivity contribution in [3.8, 4) is 0 Å². The van der Waals surface area contributed by atoms with Crippen LogP contribution in [0.25, 0.3) is 0 Å². The molecule has 3 aromatic rings. The van der Waals surface area contributed by atoms with Gasteiger partial charge in [-0.2, -0.15) is 0 Å². The van der Waals surface area contributed by atoms with Crippen LogP contribution < -0.4 is 0 Å². The van der Waals surface area contributed by atoms with Crippen LogP contribution in [0, 0.1) is 5.92 Å². The summed E-state index contributed by atoms with van der Waals surface area (Å²) in [4.78, 5) is 0.335. The minimum Gasteiger partial charge on any atom is -0.207 e. The van der Waals surface area contributed by atoms with Crippen LogP contribution in [0.15, 0.2) is 89.8 Å². The van der Waals surface area contributed by atoms with Crippen LogP contribution in [-0.4, -0.2) is 26.3 Å². The predicted octanol–water partition coefficient (Wildman–Crippen LogP) is 7.50. The molecule has 4 rings (SSSR count). The predicted molar refractivity (Wildman–Crippen MR) is 141 cm³/mol. The normalized spacial score (nSPS) is 19.7. The molecule has 1 aliphatic carbocycles. The van der Waals surface area contributed by atoms with Gasteiger partial charge in [-0.15, -0.1) is 0 Å². The van der Waals surface area contributed by atoms with E-state index in [-0.39, 0.29) is 5.92 Å². The van der Waals surface area contributed by atoms with Crippen LogP contribution in [0.1, 0.15) is 61.5 Å². The van der Waals surface area contributed by atoms with Gasteiger partial charge in [0.1, 0.15) is 0 Å². The van der Waals surface area contributed by atoms with Gasteiger partial charge in [0.25, 0.3) is 0 Å². The zero-order chi connectivity index (χ0) is 24.0. The van der Waals surface area contributed by atoms with Crippen molar-refractivity contribution in [1.29, 1.82) is 0 Å². The fourth-order valence-corrected chi connectivity index (χ4v) is 6.69. The lowest BCUT2D eigenvalue weighted by atomic mass is 9.76. The molecule has 0 radical (unpaired) electrons. The molecule has 34 heavy (non-hydrogen) atoms. The van der Waals surface area contributed by atoms with Gasteiger partial charge < -0.3 is 0 Å². The maximum atomic E-state index is 13.1. The van der Waals surface area contributed by atoms with E-state index in [1.807, 2.05) is 24.3 Å². The third-order valence-electron chi connectivity index (χ3n) is 7.29. The van der Waals surface area contributed by atoms with Crippen molar-refractivity contribution in [3.63, 3.8) is 0 Å². The second kappa shape index (κ2) is 11.5. The molecule has 3 nitrogen and oxygen atoms in total. The number of benzene rings is 3. The molecule has 0 saturated heterocycles. The molecule has 0 amide bonds. The molecule has 0 aliphatic heterocycles. The third-order valence-corrected chi connectivity index (χ3v) is 9.36. The van der Waals surface area contributed by atoms with Crippen molar-refractivity contribution < 1.29 is 8.42 Å². The molecule has 0 aromatic heterocycles. The van der Waals surface area contributed by atoms with Gasteiger partial charge in [-0.25, -0.2) is 12.7 Å². The van der Waals surface area contributed by atoms with E-state index < -0.39 is 10.0 Å². The number of hydrogen-bond acceptors (Lipinski definition) is 2. The summed E-state index contributed by atoms with van der Waals surface area (Å²) in [7, 11) is -1.85. The Kier molecular flexibility index (Phi) is 8.46. The van der Waals surface area contributed by atoms with Crippen LogP contribution in [-0.2, 0) is 10.0 Å². The molecule has 180 valence electrons. The number of rotatable bonds is 9. The Bertz CT molecular complexity index is 1140. The quantitative estimate of drug-likeness (QED) is 0.308. The van der Waals surface area contributed by atoms with Crippen LogP contribution in [0.5, 0.6) is 0 Å². The minimum absolute atomic E-state index is 0.106. The summed E-state index contributed by atoms with van der Waals surface area (Å²) in [6.45, 7) is 0.441. The highest BCUT2D eigenvalue weighted by Gasteiger charge is 2.27. The van der Waals surface area contributed by atoms with Gasteiger partial charge in [0.05, 0.1) is 4.90 Å². The zero-order valence-corrected chi connectivity index (χ0v) is 21.4. The average molecular weight is 496 g/mol. The lowest BCUT2D eigenvalue weighted by molar-refractivity contribution is 0.292. The highest BCUT2D eigenvalue weighted by molar-refractivity contribution is 7.89. The Balaban J connectivity index is 1.42. The smallest absolute Gasteiger partial charge is 0.207 e. The first-order valence-corrected chi connectivity index (χ1v) is 14.1. The van der Waals surface area contributed by atoms with Gasteiger partial charge in [0.2, 0.25) is 10.0 Å². The summed E-state index contributed by atoms with van der Waals surface area (Å²) in [5, 5.41) is 0.694. The maximum Gasteiger partial charge on any atom is 0.242 e. The van der Waals surface area contributed by atoms with Crippen molar-refractivity contribution in [2.24, 2.45) is 5.92 Å². The molecule has 1 aliphatic rings. The van der Waals surface area contributed by atoms with Crippen molar-refractivity contribution in [2.75, 3.05) is 13.6 Å². The molecular formula is C29H34ClNO2S. The van der Waals surface area contributed by atoms with Gasteiger partial charge in [0, 0.05) is 18.6 Å². The Labute approximate surface area is 209 Å². The first kappa shape index (κ1) is 25.0. The van der Waals surface area contributed by atoms with E-state index in [0.717, 1.165) is 18.4 Å². The van der Waals surface area contributed by atoms with E-state index in [0.29, 0.717) is 28.3 Å².